The summed E-state index contributed by atoms with van der Waals surface area (Å²) in [5.41, 5.74) is 0.325. The molecule has 0 aromatic carbocycles. The molecule has 0 radical (unpaired) electrons. The molecule has 0 bridgehead atoms. The maximum absolute atomic E-state index is 10.7. The van der Waals surface area contributed by atoms with Crippen molar-refractivity contribution in [1.29, 1.82) is 0 Å². The summed E-state index contributed by atoms with van der Waals surface area (Å²) in [6, 6.07) is 0. The predicted molar refractivity (Wildman–Crippen MR) is 58.0 cm³/mol. The minimum absolute atomic E-state index is 0.116. The van der Waals surface area contributed by atoms with Crippen LogP contribution in [0, 0.1) is 0 Å². The van der Waals surface area contributed by atoms with Gasteiger partial charge in [-0.25, -0.2) is 0 Å². The zero-order valence-corrected chi connectivity index (χ0v) is 8.78. The van der Waals surface area contributed by atoms with E-state index in [1.54, 1.807) is 19.1 Å². The van der Waals surface area contributed by atoms with Crippen molar-refractivity contribution >= 4 is 11.5 Å². The van der Waals surface area contributed by atoms with Crippen LogP contribution in [0.25, 0.3) is 0 Å². The monoisotopic (exact) mass is 193 g/mol. The molecule has 0 spiro atoms. The first kappa shape index (κ1) is 12.4. The zero-order chi connectivity index (χ0) is 11.0. The van der Waals surface area contributed by atoms with Gasteiger partial charge in [0.15, 0.2) is 11.5 Å². The molecule has 0 N–H and O–H groups in total. The van der Waals surface area contributed by atoms with Gasteiger partial charge in [-0.3, -0.25) is 4.79 Å². The second-order valence-corrected chi connectivity index (χ2v) is 2.68. The van der Waals surface area contributed by atoms with Crippen LogP contribution in [0.3, 0.4) is 0 Å². The average molecular weight is 193 g/mol. The molecular formula is C11H15NO2. The lowest BCUT2D eigenvalue weighted by Gasteiger charge is -1.96. The minimum Gasteiger partial charge on any atom is -0.357 e. The second kappa shape index (κ2) is 6.83. The number of ketones is 1. The molecule has 0 aromatic rings. The van der Waals surface area contributed by atoms with E-state index in [9.17, 15) is 4.79 Å². The average Bonchev–Trinajstić information content (AvgIpc) is 2.14. The Bertz CT molecular complexity index is 298. The van der Waals surface area contributed by atoms with Crippen LogP contribution in [0.15, 0.2) is 41.8 Å². The summed E-state index contributed by atoms with van der Waals surface area (Å²) >= 11 is 0. The Labute approximate surface area is 84.4 Å². The Morgan fingerprint density at radius 3 is 2.50 bits per heavy atom. The Hall–Kier alpha value is -1.64. The van der Waals surface area contributed by atoms with Crippen molar-refractivity contribution in [3.63, 3.8) is 0 Å². The summed E-state index contributed by atoms with van der Waals surface area (Å²) < 4.78 is 0. The highest BCUT2D eigenvalue weighted by molar-refractivity contribution is 6.37. The number of hydrogen-bond acceptors (Lipinski definition) is 3. The van der Waals surface area contributed by atoms with Gasteiger partial charge in [0, 0.05) is 6.92 Å². The fourth-order valence-corrected chi connectivity index (χ4v) is 0.496. The van der Waals surface area contributed by atoms with Crippen LogP contribution in [-0.2, 0) is 9.63 Å². The molecular weight excluding hydrogens is 178 g/mol. The van der Waals surface area contributed by atoms with E-state index in [2.05, 4.69) is 11.7 Å². The van der Waals surface area contributed by atoms with Crippen LogP contribution in [0.4, 0.5) is 0 Å². The summed E-state index contributed by atoms with van der Waals surface area (Å²) in [4.78, 5) is 15.6. The van der Waals surface area contributed by atoms with Gasteiger partial charge in [0.05, 0.1) is 0 Å². The molecule has 3 nitrogen and oxygen atoms in total. The number of allylic oxidation sites excluding steroid dienone is 4. The fraction of sp³-hybridized carbons (Fsp3) is 0.273. The Kier molecular flexibility index (Phi) is 6.03. The molecule has 0 aliphatic heterocycles. The maximum Gasteiger partial charge on any atom is 0.177 e. The summed E-state index contributed by atoms with van der Waals surface area (Å²) in [7, 11) is 0. The van der Waals surface area contributed by atoms with E-state index in [-0.39, 0.29) is 5.78 Å². The van der Waals surface area contributed by atoms with E-state index in [4.69, 9.17) is 4.84 Å². The van der Waals surface area contributed by atoms with Crippen LogP contribution in [0.1, 0.15) is 20.8 Å². The normalized spacial score (nSPS) is 12.4. The fourth-order valence-electron chi connectivity index (χ4n) is 0.496. The Balaban J connectivity index is 4.09. The van der Waals surface area contributed by atoms with Gasteiger partial charge in [-0.1, -0.05) is 30.0 Å². The van der Waals surface area contributed by atoms with Crippen molar-refractivity contribution in [3.05, 3.63) is 36.6 Å². The van der Waals surface area contributed by atoms with Crippen LogP contribution in [0.5, 0.6) is 0 Å². The largest absolute Gasteiger partial charge is 0.357 e. The molecule has 0 fully saturated rings. The highest BCUT2D eigenvalue weighted by Gasteiger charge is 1.97. The molecule has 0 aliphatic rings. The SMILES string of the molecule is C=C(/C=C\C=C/C)O/N=C(\C)C(C)=O. The summed E-state index contributed by atoms with van der Waals surface area (Å²) in [6.45, 7) is 8.52. The highest BCUT2D eigenvalue weighted by atomic mass is 16.6. The molecule has 0 heterocycles. The molecule has 0 amide bonds. The third-order valence-electron chi connectivity index (χ3n) is 1.40. The molecule has 3 heteroatoms. The van der Waals surface area contributed by atoms with E-state index in [1.165, 1.54) is 6.92 Å². The number of oxime groups is 1. The van der Waals surface area contributed by atoms with Gasteiger partial charge in [-0.2, -0.15) is 0 Å². The highest BCUT2D eigenvalue weighted by Crippen LogP contribution is 1.97. The summed E-state index contributed by atoms with van der Waals surface area (Å²) in [6.07, 6.45) is 7.17. The number of rotatable bonds is 5. The molecule has 0 atom stereocenters. The van der Waals surface area contributed by atoms with Crippen LogP contribution in [-0.4, -0.2) is 11.5 Å². The number of nitrogens with zero attached hydrogens (tertiary/aromatic N) is 1. The number of hydrogen-bond donors (Lipinski definition) is 0. The molecule has 14 heavy (non-hydrogen) atoms. The lowest BCUT2D eigenvalue weighted by Crippen LogP contribution is -2.04. The molecule has 76 valence electrons. The number of carbonyl (C=O) groups is 1. The first-order chi connectivity index (χ1) is 6.57. The van der Waals surface area contributed by atoms with Gasteiger partial charge in [-0.15, -0.1) is 0 Å². The van der Waals surface area contributed by atoms with E-state index in [1.807, 2.05) is 19.1 Å². The quantitative estimate of drug-likeness (QED) is 0.291. The second-order valence-electron chi connectivity index (χ2n) is 2.68. The molecule has 0 aliphatic carbocycles. The van der Waals surface area contributed by atoms with Gasteiger partial charge in [0.2, 0.25) is 0 Å². The van der Waals surface area contributed by atoms with E-state index in [0.717, 1.165) is 0 Å². The number of Topliss-reactive ketones (excluding diaryl/α,β-unsaturated/α-hetero) is 1. The Morgan fingerprint density at radius 2 is 2.00 bits per heavy atom. The molecule has 0 unspecified atom stereocenters. The van der Waals surface area contributed by atoms with Gasteiger partial charge < -0.3 is 4.84 Å². The first-order valence-electron chi connectivity index (χ1n) is 4.28. The maximum atomic E-state index is 10.7. The minimum atomic E-state index is -0.116. The first-order valence-corrected chi connectivity index (χ1v) is 4.28. The van der Waals surface area contributed by atoms with Crippen molar-refractivity contribution in [3.8, 4) is 0 Å². The van der Waals surface area contributed by atoms with Crippen LogP contribution >= 0.6 is 0 Å². The van der Waals surface area contributed by atoms with Crippen molar-refractivity contribution in [2.75, 3.05) is 0 Å². The third-order valence-corrected chi connectivity index (χ3v) is 1.40. The van der Waals surface area contributed by atoms with Gasteiger partial charge in [-0.05, 0) is 19.9 Å². The van der Waals surface area contributed by atoms with Crippen molar-refractivity contribution in [1.82, 2.24) is 0 Å². The van der Waals surface area contributed by atoms with E-state index in [0.29, 0.717) is 11.5 Å². The van der Waals surface area contributed by atoms with Crippen LogP contribution < -0.4 is 0 Å². The van der Waals surface area contributed by atoms with Crippen molar-refractivity contribution < 1.29 is 9.63 Å². The van der Waals surface area contributed by atoms with Gasteiger partial charge in [0.1, 0.15) is 5.71 Å². The Morgan fingerprint density at radius 1 is 1.36 bits per heavy atom. The third kappa shape index (κ3) is 5.94. The standard InChI is InChI=1S/C11H15NO2/c1-5-6-7-8-9(2)14-12-10(3)11(4)13/h5-8H,2H2,1,3-4H3/b6-5-,8-7-,12-10+. The summed E-state index contributed by atoms with van der Waals surface area (Å²) in [5, 5.41) is 3.59. The molecule has 0 aromatic heterocycles. The van der Waals surface area contributed by atoms with Gasteiger partial charge in [0.25, 0.3) is 0 Å². The predicted octanol–water partition coefficient (Wildman–Crippen LogP) is 2.61. The van der Waals surface area contributed by atoms with E-state index >= 15 is 0 Å². The molecule has 0 saturated carbocycles. The van der Waals surface area contributed by atoms with Crippen LogP contribution in [0.2, 0.25) is 0 Å². The zero-order valence-electron chi connectivity index (χ0n) is 8.78. The van der Waals surface area contributed by atoms with Crippen molar-refractivity contribution in [2.45, 2.75) is 20.8 Å². The molecule has 0 rings (SSSR count). The smallest absolute Gasteiger partial charge is 0.177 e. The van der Waals surface area contributed by atoms with E-state index < -0.39 is 0 Å². The summed E-state index contributed by atoms with van der Waals surface area (Å²) in [5.74, 6) is 0.277. The lowest BCUT2D eigenvalue weighted by molar-refractivity contribution is -0.111. The number of carbonyl (C=O) groups excluding carboxylic acids is 1. The lowest BCUT2D eigenvalue weighted by atomic mass is 10.3. The topological polar surface area (TPSA) is 38.7 Å². The molecule has 0 saturated heterocycles. The van der Waals surface area contributed by atoms with Gasteiger partial charge >= 0.3 is 0 Å². The van der Waals surface area contributed by atoms with Crippen molar-refractivity contribution in [2.24, 2.45) is 5.16 Å².